The molecular formula is C14H16N2O2. The molecule has 1 N–H and O–H groups in total. The Morgan fingerprint density at radius 3 is 3.00 bits per heavy atom. The number of aryl methyl sites for hydroxylation is 2. The van der Waals surface area contributed by atoms with Crippen LogP contribution in [0.1, 0.15) is 30.2 Å². The van der Waals surface area contributed by atoms with Gasteiger partial charge in [0.25, 0.3) is 0 Å². The van der Waals surface area contributed by atoms with Crippen LogP contribution in [-0.4, -0.2) is 20.7 Å². The molecule has 1 unspecified atom stereocenters. The van der Waals surface area contributed by atoms with Gasteiger partial charge in [-0.15, -0.1) is 0 Å². The Morgan fingerprint density at radius 1 is 1.50 bits per heavy atom. The molecule has 0 amide bonds. The van der Waals surface area contributed by atoms with Gasteiger partial charge in [-0.1, -0.05) is 6.07 Å². The van der Waals surface area contributed by atoms with Crippen molar-refractivity contribution in [1.82, 2.24) is 9.61 Å². The van der Waals surface area contributed by atoms with Crippen molar-refractivity contribution in [2.24, 2.45) is 5.41 Å². The van der Waals surface area contributed by atoms with Gasteiger partial charge in [-0.05, 0) is 44.7 Å². The summed E-state index contributed by atoms with van der Waals surface area (Å²) in [5, 5.41) is 13.9. The van der Waals surface area contributed by atoms with Crippen molar-refractivity contribution in [3.8, 4) is 0 Å². The van der Waals surface area contributed by atoms with Crippen LogP contribution in [0.3, 0.4) is 0 Å². The van der Waals surface area contributed by atoms with E-state index in [0.29, 0.717) is 12.8 Å². The largest absolute Gasteiger partial charge is 0.481 e. The Morgan fingerprint density at radius 2 is 2.28 bits per heavy atom. The highest BCUT2D eigenvalue weighted by molar-refractivity contribution is 5.76. The molecule has 4 nitrogen and oxygen atoms in total. The molecular weight excluding hydrogens is 228 g/mol. The summed E-state index contributed by atoms with van der Waals surface area (Å²) in [6, 6.07) is 4.08. The lowest BCUT2D eigenvalue weighted by Crippen LogP contribution is -2.33. The fourth-order valence-electron chi connectivity index (χ4n) is 2.70. The van der Waals surface area contributed by atoms with E-state index < -0.39 is 11.4 Å². The summed E-state index contributed by atoms with van der Waals surface area (Å²) in [7, 11) is 0. The van der Waals surface area contributed by atoms with Gasteiger partial charge in [0.05, 0.1) is 16.6 Å². The molecule has 3 rings (SSSR count). The monoisotopic (exact) mass is 244 g/mol. The summed E-state index contributed by atoms with van der Waals surface area (Å²) in [4.78, 5) is 11.4. The van der Waals surface area contributed by atoms with Gasteiger partial charge < -0.3 is 5.11 Å². The number of hydrogen-bond donors (Lipinski definition) is 1. The molecule has 0 fully saturated rings. The van der Waals surface area contributed by atoms with E-state index in [1.165, 1.54) is 0 Å². The van der Waals surface area contributed by atoms with Crippen LogP contribution in [0.2, 0.25) is 0 Å². The van der Waals surface area contributed by atoms with E-state index in [2.05, 4.69) is 5.10 Å². The smallest absolute Gasteiger partial charge is 0.309 e. The van der Waals surface area contributed by atoms with Gasteiger partial charge in [-0.2, -0.15) is 5.10 Å². The molecule has 1 atom stereocenters. The SMILES string of the molecule is Cc1ccc2c3c(nn2c1)CCC(C)(C(=O)O)C3. The molecule has 0 radical (unpaired) electrons. The first-order chi connectivity index (χ1) is 8.49. The van der Waals surface area contributed by atoms with E-state index in [1.807, 2.05) is 36.7 Å². The van der Waals surface area contributed by atoms with Gasteiger partial charge >= 0.3 is 5.97 Å². The van der Waals surface area contributed by atoms with Crippen LogP contribution < -0.4 is 0 Å². The van der Waals surface area contributed by atoms with Crippen molar-refractivity contribution in [1.29, 1.82) is 0 Å². The average Bonchev–Trinajstić information content (AvgIpc) is 2.65. The van der Waals surface area contributed by atoms with E-state index >= 15 is 0 Å². The Balaban J connectivity index is 2.15. The third kappa shape index (κ3) is 1.52. The molecule has 0 saturated carbocycles. The molecule has 2 aromatic rings. The van der Waals surface area contributed by atoms with E-state index in [4.69, 9.17) is 0 Å². The van der Waals surface area contributed by atoms with Crippen molar-refractivity contribution in [2.75, 3.05) is 0 Å². The third-order valence-corrected chi connectivity index (χ3v) is 3.96. The van der Waals surface area contributed by atoms with Gasteiger partial charge in [0.15, 0.2) is 0 Å². The molecule has 0 aliphatic heterocycles. The molecule has 1 aliphatic rings. The van der Waals surface area contributed by atoms with Gasteiger partial charge in [-0.3, -0.25) is 4.79 Å². The van der Waals surface area contributed by atoms with E-state index in [-0.39, 0.29) is 0 Å². The summed E-state index contributed by atoms with van der Waals surface area (Å²) in [6.45, 7) is 3.86. The van der Waals surface area contributed by atoms with Gasteiger partial charge in [0.2, 0.25) is 0 Å². The third-order valence-electron chi connectivity index (χ3n) is 3.96. The van der Waals surface area contributed by atoms with Crippen LogP contribution >= 0.6 is 0 Å². The fraction of sp³-hybridized carbons (Fsp3) is 0.429. The zero-order valence-electron chi connectivity index (χ0n) is 10.6. The van der Waals surface area contributed by atoms with E-state index in [1.54, 1.807) is 0 Å². The molecule has 0 saturated heterocycles. The fourth-order valence-corrected chi connectivity index (χ4v) is 2.70. The van der Waals surface area contributed by atoms with Crippen LogP contribution in [0.25, 0.3) is 5.52 Å². The van der Waals surface area contributed by atoms with Crippen molar-refractivity contribution in [3.05, 3.63) is 35.2 Å². The number of nitrogens with zero attached hydrogens (tertiary/aromatic N) is 2. The van der Waals surface area contributed by atoms with Crippen LogP contribution in [0.5, 0.6) is 0 Å². The molecule has 1 aliphatic carbocycles. The first kappa shape index (κ1) is 11.3. The highest BCUT2D eigenvalue weighted by Crippen LogP contribution is 2.37. The van der Waals surface area contributed by atoms with Crippen molar-refractivity contribution < 1.29 is 9.90 Å². The predicted molar refractivity (Wildman–Crippen MR) is 67.7 cm³/mol. The first-order valence-electron chi connectivity index (χ1n) is 6.20. The minimum atomic E-state index is -0.709. The van der Waals surface area contributed by atoms with Crippen molar-refractivity contribution >= 4 is 11.5 Å². The lowest BCUT2D eigenvalue weighted by atomic mass is 9.74. The highest BCUT2D eigenvalue weighted by Gasteiger charge is 2.38. The summed E-state index contributed by atoms with van der Waals surface area (Å²) in [6.07, 6.45) is 3.98. The normalized spacial score (nSPS) is 23.0. The van der Waals surface area contributed by atoms with Gasteiger partial charge in [0, 0.05) is 11.8 Å². The lowest BCUT2D eigenvalue weighted by Gasteiger charge is -2.28. The quantitative estimate of drug-likeness (QED) is 0.836. The Bertz CT molecular complexity index is 645. The molecule has 18 heavy (non-hydrogen) atoms. The number of fused-ring (bicyclic) bond motifs is 3. The van der Waals surface area contributed by atoms with Crippen LogP contribution in [0.4, 0.5) is 0 Å². The number of pyridine rings is 1. The topological polar surface area (TPSA) is 54.6 Å². The minimum Gasteiger partial charge on any atom is -0.481 e. The first-order valence-corrected chi connectivity index (χ1v) is 6.20. The molecule has 4 heteroatoms. The maximum absolute atomic E-state index is 11.4. The van der Waals surface area contributed by atoms with Gasteiger partial charge in [0.1, 0.15) is 0 Å². The standard InChI is InChI=1S/C14H16N2O2/c1-9-3-4-12-10-7-14(2,13(17)18)6-5-11(10)15-16(12)8-9/h3-4,8H,5-7H2,1-2H3,(H,17,18). The average molecular weight is 244 g/mol. The Hall–Kier alpha value is -1.84. The summed E-state index contributed by atoms with van der Waals surface area (Å²) in [5.74, 6) is -0.709. The van der Waals surface area contributed by atoms with E-state index in [0.717, 1.165) is 28.8 Å². The predicted octanol–water partition coefficient (Wildman–Crippen LogP) is 2.22. The number of aromatic nitrogens is 2. The highest BCUT2D eigenvalue weighted by atomic mass is 16.4. The molecule has 94 valence electrons. The Labute approximate surface area is 105 Å². The summed E-state index contributed by atoms with van der Waals surface area (Å²) >= 11 is 0. The summed E-state index contributed by atoms with van der Waals surface area (Å²) in [5.41, 5.74) is 3.71. The molecule has 2 heterocycles. The molecule has 0 bridgehead atoms. The number of rotatable bonds is 1. The van der Waals surface area contributed by atoms with Crippen molar-refractivity contribution in [2.45, 2.75) is 33.1 Å². The zero-order chi connectivity index (χ0) is 12.9. The van der Waals surface area contributed by atoms with Gasteiger partial charge in [-0.25, -0.2) is 4.52 Å². The lowest BCUT2D eigenvalue weighted by molar-refractivity contribution is -0.148. The number of carbonyl (C=O) groups is 1. The van der Waals surface area contributed by atoms with Crippen molar-refractivity contribution in [3.63, 3.8) is 0 Å². The molecule has 0 aromatic carbocycles. The number of carboxylic acid groups (broad SMARTS) is 1. The zero-order valence-corrected chi connectivity index (χ0v) is 10.6. The number of carboxylic acids is 1. The second-order valence-corrected chi connectivity index (χ2v) is 5.50. The van der Waals surface area contributed by atoms with E-state index in [9.17, 15) is 9.90 Å². The second-order valence-electron chi connectivity index (χ2n) is 5.50. The van der Waals surface area contributed by atoms with Crippen LogP contribution in [-0.2, 0) is 17.6 Å². The number of aliphatic carboxylic acids is 1. The maximum atomic E-state index is 11.4. The minimum absolute atomic E-state index is 0.574. The number of hydrogen-bond acceptors (Lipinski definition) is 2. The second kappa shape index (κ2) is 3.57. The van der Waals surface area contributed by atoms with Crippen LogP contribution in [0, 0.1) is 12.3 Å². The van der Waals surface area contributed by atoms with Crippen LogP contribution in [0.15, 0.2) is 18.3 Å². The molecule has 0 spiro atoms. The molecule has 2 aromatic heterocycles. The maximum Gasteiger partial charge on any atom is 0.309 e. The Kier molecular flexibility index (Phi) is 2.24. The summed E-state index contributed by atoms with van der Waals surface area (Å²) < 4.78 is 1.88.